The third-order valence-corrected chi connectivity index (χ3v) is 2.63. The van der Waals surface area contributed by atoms with Crippen LogP contribution in [-0.4, -0.2) is 17.6 Å². The van der Waals surface area contributed by atoms with Crippen LogP contribution in [-0.2, 0) is 4.79 Å². The first-order valence-corrected chi connectivity index (χ1v) is 6.01. The molecule has 0 fully saturated rings. The molecule has 0 aliphatic heterocycles. The van der Waals surface area contributed by atoms with E-state index >= 15 is 0 Å². The van der Waals surface area contributed by atoms with E-state index in [0.29, 0.717) is 6.54 Å². The number of aromatic hydroxyl groups is 1. The molecule has 0 saturated carbocycles. The quantitative estimate of drug-likeness (QED) is 0.404. The molecule has 0 heterocycles. The summed E-state index contributed by atoms with van der Waals surface area (Å²) < 4.78 is 4.83. The van der Waals surface area contributed by atoms with E-state index in [4.69, 9.17) is 16.2 Å². The molecule has 0 spiro atoms. The second-order valence-corrected chi connectivity index (χ2v) is 4.21. The van der Waals surface area contributed by atoms with Crippen molar-refractivity contribution >= 4 is 5.97 Å². The molecule has 5 heteroatoms. The number of ether oxygens (including phenoxy) is 1. The maximum absolute atomic E-state index is 10.8. The van der Waals surface area contributed by atoms with Gasteiger partial charge in [0.25, 0.3) is 0 Å². The van der Waals surface area contributed by atoms with Crippen LogP contribution in [0, 0.1) is 0 Å². The molecular weight excluding hydrogens is 232 g/mol. The molecule has 5 nitrogen and oxygen atoms in total. The van der Waals surface area contributed by atoms with E-state index in [-0.39, 0.29) is 17.5 Å². The molecule has 0 bridgehead atoms. The fraction of sp³-hybridized carbons (Fsp3) is 0.462. The molecule has 0 aliphatic rings. The fourth-order valence-electron chi connectivity index (χ4n) is 1.68. The standard InChI is InChI=1S/C13H20N2O3/c1-9(16)18-13-6-5-10(8-12(13)17)11(15)4-2-3-7-14/h5-6,8,11,17H,2-4,7,14-15H2,1H3/t11-/m0/s1. The number of esters is 1. The van der Waals surface area contributed by atoms with Crippen LogP contribution in [0.5, 0.6) is 11.5 Å². The number of hydrogen-bond donors (Lipinski definition) is 3. The van der Waals surface area contributed by atoms with Crippen molar-refractivity contribution in [3.63, 3.8) is 0 Å². The molecule has 1 aromatic rings. The van der Waals surface area contributed by atoms with Crippen molar-refractivity contribution in [1.82, 2.24) is 0 Å². The van der Waals surface area contributed by atoms with Crippen LogP contribution in [0.15, 0.2) is 18.2 Å². The third-order valence-electron chi connectivity index (χ3n) is 2.63. The van der Waals surface area contributed by atoms with Gasteiger partial charge in [-0.1, -0.05) is 12.5 Å². The number of phenolic OH excluding ortho intramolecular Hbond substituents is 1. The summed E-state index contributed by atoms with van der Waals surface area (Å²) >= 11 is 0. The van der Waals surface area contributed by atoms with Gasteiger partial charge in [0.15, 0.2) is 11.5 Å². The normalized spacial score (nSPS) is 12.2. The van der Waals surface area contributed by atoms with Crippen LogP contribution >= 0.6 is 0 Å². The summed E-state index contributed by atoms with van der Waals surface area (Å²) in [5.74, 6) is -0.386. The molecule has 0 aliphatic carbocycles. The van der Waals surface area contributed by atoms with Crippen molar-refractivity contribution in [3.8, 4) is 11.5 Å². The van der Waals surface area contributed by atoms with Crippen LogP contribution in [0.25, 0.3) is 0 Å². The Morgan fingerprint density at radius 3 is 2.72 bits per heavy atom. The maximum atomic E-state index is 10.8. The Bertz CT molecular complexity index is 407. The van der Waals surface area contributed by atoms with E-state index in [1.165, 1.54) is 13.0 Å². The van der Waals surface area contributed by atoms with Gasteiger partial charge in [-0.2, -0.15) is 0 Å². The smallest absolute Gasteiger partial charge is 0.308 e. The van der Waals surface area contributed by atoms with Crippen molar-refractivity contribution in [2.75, 3.05) is 6.54 Å². The van der Waals surface area contributed by atoms with Gasteiger partial charge in [-0.05, 0) is 37.1 Å². The van der Waals surface area contributed by atoms with E-state index in [1.807, 2.05) is 0 Å². The van der Waals surface area contributed by atoms with Gasteiger partial charge in [-0.25, -0.2) is 0 Å². The lowest BCUT2D eigenvalue weighted by Gasteiger charge is -2.13. The monoisotopic (exact) mass is 252 g/mol. The minimum atomic E-state index is -0.467. The largest absolute Gasteiger partial charge is 0.504 e. The summed E-state index contributed by atoms with van der Waals surface area (Å²) in [5.41, 5.74) is 12.2. The zero-order chi connectivity index (χ0) is 13.5. The first-order valence-electron chi connectivity index (χ1n) is 6.01. The first kappa shape index (κ1) is 14.5. The van der Waals surface area contributed by atoms with Crippen LogP contribution in [0.3, 0.4) is 0 Å². The number of hydrogen-bond acceptors (Lipinski definition) is 5. The van der Waals surface area contributed by atoms with Gasteiger partial charge >= 0.3 is 5.97 Å². The number of phenols is 1. The second kappa shape index (κ2) is 6.98. The molecule has 5 N–H and O–H groups in total. The highest BCUT2D eigenvalue weighted by Gasteiger charge is 2.10. The highest BCUT2D eigenvalue weighted by molar-refractivity contribution is 5.70. The topological polar surface area (TPSA) is 98.6 Å². The van der Waals surface area contributed by atoms with Gasteiger partial charge < -0.3 is 21.3 Å². The Labute approximate surface area is 107 Å². The summed E-state index contributed by atoms with van der Waals surface area (Å²) in [4.78, 5) is 10.8. The average Bonchev–Trinajstić information content (AvgIpc) is 2.31. The number of carbonyl (C=O) groups is 1. The summed E-state index contributed by atoms with van der Waals surface area (Å²) in [5, 5.41) is 9.71. The molecule has 1 rings (SSSR count). The third kappa shape index (κ3) is 4.35. The van der Waals surface area contributed by atoms with E-state index in [2.05, 4.69) is 0 Å². The summed E-state index contributed by atoms with van der Waals surface area (Å²) in [6, 6.07) is 4.69. The van der Waals surface area contributed by atoms with Gasteiger partial charge in [0.2, 0.25) is 0 Å². The lowest BCUT2D eigenvalue weighted by Crippen LogP contribution is -2.11. The number of nitrogens with two attached hydrogens (primary N) is 2. The average molecular weight is 252 g/mol. The molecule has 0 unspecified atom stereocenters. The second-order valence-electron chi connectivity index (χ2n) is 4.21. The number of unbranched alkanes of at least 4 members (excludes halogenated alkanes) is 1. The molecular formula is C13H20N2O3. The van der Waals surface area contributed by atoms with Gasteiger partial charge in [0.1, 0.15) is 0 Å². The summed E-state index contributed by atoms with van der Waals surface area (Å²) in [7, 11) is 0. The predicted molar refractivity (Wildman–Crippen MR) is 69.2 cm³/mol. The van der Waals surface area contributed by atoms with Gasteiger partial charge in [-0.15, -0.1) is 0 Å². The van der Waals surface area contributed by atoms with Gasteiger partial charge in [0.05, 0.1) is 0 Å². The van der Waals surface area contributed by atoms with Crippen LogP contribution in [0.4, 0.5) is 0 Å². The summed E-state index contributed by atoms with van der Waals surface area (Å²) in [6.07, 6.45) is 2.69. The van der Waals surface area contributed by atoms with Gasteiger partial charge in [0, 0.05) is 13.0 Å². The SMILES string of the molecule is CC(=O)Oc1ccc([C@@H](N)CCCCN)cc1O. The Morgan fingerprint density at radius 2 is 2.17 bits per heavy atom. The molecule has 0 amide bonds. The van der Waals surface area contributed by atoms with E-state index < -0.39 is 5.97 Å². The van der Waals surface area contributed by atoms with Crippen molar-refractivity contribution in [2.24, 2.45) is 11.5 Å². The molecule has 1 aromatic carbocycles. The van der Waals surface area contributed by atoms with E-state index in [1.54, 1.807) is 12.1 Å². The molecule has 1 atom stereocenters. The van der Waals surface area contributed by atoms with E-state index in [9.17, 15) is 9.90 Å². The number of carbonyl (C=O) groups excluding carboxylic acids is 1. The minimum Gasteiger partial charge on any atom is -0.504 e. The van der Waals surface area contributed by atoms with Crippen LogP contribution in [0.1, 0.15) is 37.8 Å². The first-order chi connectivity index (χ1) is 8.54. The number of benzene rings is 1. The van der Waals surface area contributed by atoms with Crippen molar-refractivity contribution in [3.05, 3.63) is 23.8 Å². The van der Waals surface area contributed by atoms with Crippen LogP contribution in [0.2, 0.25) is 0 Å². The highest BCUT2D eigenvalue weighted by Crippen LogP contribution is 2.30. The lowest BCUT2D eigenvalue weighted by atomic mass is 10.0. The maximum Gasteiger partial charge on any atom is 0.308 e. The van der Waals surface area contributed by atoms with Crippen LogP contribution < -0.4 is 16.2 Å². The lowest BCUT2D eigenvalue weighted by molar-refractivity contribution is -0.132. The minimum absolute atomic E-state index is 0.0722. The molecule has 18 heavy (non-hydrogen) atoms. The summed E-state index contributed by atoms with van der Waals surface area (Å²) in [6.45, 7) is 1.94. The molecule has 0 radical (unpaired) electrons. The Kier molecular flexibility index (Phi) is 5.61. The zero-order valence-electron chi connectivity index (χ0n) is 10.6. The Balaban J connectivity index is 2.68. The van der Waals surface area contributed by atoms with Crippen molar-refractivity contribution in [2.45, 2.75) is 32.2 Å². The molecule has 0 aromatic heterocycles. The Hall–Kier alpha value is -1.59. The predicted octanol–water partition coefficient (Wildman–Crippen LogP) is 1.45. The van der Waals surface area contributed by atoms with Crippen molar-refractivity contribution < 1.29 is 14.6 Å². The zero-order valence-corrected chi connectivity index (χ0v) is 10.6. The highest BCUT2D eigenvalue weighted by atomic mass is 16.5. The van der Waals surface area contributed by atoms with E-state index in [0.717, 1.165) is 24.8 Å². The van der Waals surface area contributed by atoms with Gasteiger partial charge in [-0.3, -0.25) is 4.79 Å². The number of rotatable bonds is 6. The Morgan fingerprint density at radius 1 is 1.44 bits per heavy atom. The van der Waals surface area contributed by atoms with Crippen molar-refractivity contribution in [1.29, 1.82) is 0 Å². The molecule has 0 saturated heterocycles. The fourth-order valence-corrected chi connectivity index (χ4v) is 1.68. The molecule has 100 valence electrons.